The molecule has 0 fully saturated rings. The number of carbonyl (C=O) groups is 1. The summed E-state index contributed by atoms with van der Waals surface area (Å²) >= 11 is 0. The molecule has 0 saturated carbocycles. The van der Waals surface area contributed by atoms with E-state index < -0.39 is 28.7 Å². The number of carbonyl (C=O) groups excluding carboxylic acids is 1. The van der Waals surface area contributed by atoms with Crippen molar-refractivity contribution in [3.63, 3.8) is 0 Å². The van der Waals surface area contributed by atoms with E-state index >= 15 is 0 Å². The van der Waals surface area contributed by atoms with Crippen molar-refractivity contribution >= 4 is 11.9 Å². The monoisotopic (exact) mass is 346 g/mol. The molecule has 2 aromatic heterocycles. The molecule has 11 nitrogen and oxygen atoms in total. The summed E-state index contributed by atoms with van der Waals surface area (Å²) in [7, 11) is 2.77. The van der Waals surface area contributed by atoms with E-state index in [1.54, 1.807) is 0 Å². The minimum absolute atomic E-state index is 0.00612. The first-order valence-corrected chi connectivity index (χ1v) is 6.88. The molecule has 2 heterocycles. The Bertz CT molecular complexity index is 1070. The smallest absolute Gasteiger partial charge is 0.288 e. The Kier molecular flexibility index (Phi) is 3.92. The van der Waals surface area contributed by atoms with Crippen LogP contribution in [-0.2, 0) is 14.1 Å². The summed E-state index contributed by atoms with van der Waals surface area (Å²) < 4.78 is 15.8. The Morgan fingerprint density at radius 1 is 1.12 bits per heavy atom. The van der Waals surface area contributed by atoms with Crippen molar-refractivity contribution in [2.45, 2.75) is 0 Å². The van der Waals surface area contributed by atoms with Gasteiger partial charge in [-0.2, -0.15) is 5.10 Å². The summed E-state index contributed by atoms with van der Waals surface area (Å²) in [6, 6.07) is 4.66. The molecule has 0 atom stereocenters. The summed E-state index contributed by atoms with van der Waals surface area (Å²) in [4.78, 5) is 37.1. The number of tetrazole rings is 1. The predicted octanol–water partition coefficient (Wildman–Crippen LogP) is -1.15. The van der Waals surface area contributed by atoms with E-state index in [1.807, 2.05) is 0 Å². The molecule has 0 unspecified atom stereocenters. The normalized spacial score (nSPS) is 10.7. The van der Waals surface area contributed by atoms with Crippen LogP contribution in [0.1, 0.15) is 10.5 Å². The van der Waals surface area contributed by atoms with E-state index in [9.17, 15) is 18.8 Å². The number of rotatable bonds is 3. The van der Waals surface area contributed by atoms with Crippen LogP contribution in [-0.4, -0.2) is 40.5 Å². The topological polar surface area (TPSA) is 130 Å². The van der Waals surface area contributed by atoms with Gasteiger partial charge in [0.2, 0.25) is 11.6 Å². The molecule has 1 aromatic carbocycles. The third-order valence-corrected chi connectivity index (χ3v) is 3.27. The molecule has 3 aromatic rings. The highest BCUT2D eigenvalue weighted by atomic mass is 19.1. The van der Waals surface area contributed by atoms with Gasteiger partial charge in [0.25, 0.3) is 11.5 Å². The molecule has 0 saturated heterocycles. The molecular formula is C13H11FN8O3. The summed E-state index contributed by atoms with van der Waals surface area (Å²) in [5, 5.41) is 16.5. The van der Waals surface area contributed by atoms with Crippen molar-refractivity contribution in [1.82, 2.24) is 34.6 Å². The van der Waals surface area contributed by atoms with Crippen LogP contribution in [0.4, 0.5) is 10.3 Å². The Hall–Kier alpha value is -3.70. The average Bonchev–Trinajstić information content (AvgIpc) is 2.97. The van der Waals surface area contributed by atoms with E-state index in [0.29, 0.717) is 0 Å². The second-order valence-electron chi connectivity index (χ2n) is 4.95. The average molecular weight is 346 g/mol. The molecule has 0 bridgehead atoms. The Balaban J connectivity index is 2.11. The standard InChI is InChI=1S/C13H11FN8O3/c1-20-12(16-18-19-20)15-10(23)9-11(24)22(13(25)21(2)17-9)8-5-3-7(14)4-6-8/h3-6H,1-2H3,(H,15,16,19,23). The first-order valence-electron chi connectivity index (χ1n) is 6.88. The van der Waals surface area contributed by atoms with Gasteiger partial charge in [-0.25, -0.2) is 23.1 Å². The molecule has 0 aliphatic heterocycles. The summed E-state index contributed by atoms with van der Waals surface area (Å²) in [6.07, 6.45) is 0. The number of nitrogens with zero attached hydrogens (tertiary/aromatic N) is 7. The SMILES string of the molecule is Cn1nnnc1NC(=O)c1nn(C)c(=O)n(-c2ccc(F)cc2)c1=O. The van der Waals surface area contributed by atoms with Gasteiger partial charge >= 0.3 is 5.69 Å². The number of aromatic nitrogens is 7. The number of amides is 1. The van der Waals surface area contributed by atoms with Crippen molar-refractivity contribution in [1.29, 1.82) is 0 Å². The van der Waals surface area contributed by atoms with E-state index in [0.717, 1.165) is 21.4 Å². The van der Waals surface area contributed by atoms with Crippen LogP contribution < -0.4 is 16.6 Å². The van der Waals surface area contributed by atoms with Crippen LogP contribution in [0, 0.1) is 5.82 Å². The molecule has 0 aliphatic carbocycles. The zero-order valence-electron chi connectivity index (χ0n) is 13.0. The molecule has 0 aliphatic rings. The maximum Gasteiger partial charge on any atom is 0.351 e. The third-order valence-electron chi connectivity index (χ3n) is 3.27. The predicted molar refractivity (Wildman–Crippen MR) is 81.8 cm³/mol. The second-order valence-corrected chi connectivity index (χ2v) is 4.95. The van der Waals surface area contributed by atoms with Gasteiger partial charge in [-0.3, -0.25) is 14.9 Å². The van der Waals surface area contributed by atoms with Gasteiger partial charge in [-0.1, -0.05) is 5.10 Å². The van der Waals surface area contributed by atoms with Gasteiger partial charge in [0.05, 0.1) is 5.69 Å². The minimum Gasteiger partial charge on any atom is -0.288 e. The largest absolute Gasteiger partial charge is 0.351 e. The molecule has 128 valence electrons. The van der Waals surface area contributed by atoms with Crippen LogP contribution in [0.2, 0.25) is 0 Å². The van der Waals surface area contributed by atoms with Gasteiger partial charge in [0.15, 0.2) is 0 Å². The first kappa shape index (κ1) is 16.2. The highest BCUT2D eigenvalue weighted by Gasteiger charge is 2.21. The van der Waals surface area contributed by atoms with Crippen molar-refractivity contribution in [3.05, 3.63) is 56.6 Å². The van der Waals surface area contributed by atoms with E-state index in [1.165, 1.54) is 30.9 Å². The Morgan fingerprint density at radius 2 is 1.80 bits per heavy atom. The highest BCUT2D eigenvalue weighted by molar-refractivity contribution is 6.01. The van der Waals surface area contributed by atoms with Gasteiger partial charge in [0, 0.05) is 14.1 Å². The number of benzene rings is 1. The molecule has 25 heavy (non-hydrogen) atoms. The third kappa shape index (κ3) is 2.91. The fourth-order valence-electron chi connectivity index (χ4n) is 2.03. The number of nitrogens with one attached hydrogen (secondary N) is 1. The van der Waals surface area contributed by atoms with E-state index in [2.05, 4.69) is 25.9 Å². The molecule has 3 rings (SSSR count). The van der Waals surface area contributed by atoms with E-state index in [4.69, 9.17) is 0 Å². The fourth-order valence-corrected chi connectivity index (χ4v) is 2.03. The van der Waals surface area contributed by atoms with Crippen LogP contribution >= 0.6 is 0 Å². The molecule has 0 spiro atoms. The second kappa shape index (κ2) is 6.07. The summed E-state index contributed by atoms with van der Waals surface area (Å²) in [6.45, 7) is 0. The number of hydrogen-bond donors (Lipinski definition) is 1. The number of halogens is 1. The van der Waals surface area contributed by atoms with Gasteiger partial charge < -0.3 is 0 Å². The Labute approximate surface area is 138 Å². The number of hydrogen-bond acceptors (Lipinski definition) is 7. The molecule has 12 heteroatoms. The minimum atomic E-state index is -0.956. The van der Waals surface area contributed by atoms with Crippen molar-refractivity contribution in [2.24, 2.45) is 14.1 Å². The van der Waals surface area contributed by atoms with Crippen LogP contribution in [0.3, 0.4) is 0 Å². The molecular weight excluding hydrogens is 335 g/mol. The molecule has 0 radical (unpaired) electrons. The quantitative estimate of drug-likeness (QED) is 0.633. The van der Waals surface area contributed by atoms with Crippen LogP contribution in [0.5, 0.6) is 0 Å². The zero-order valence-corrected chi connectivity index (χ0v) is 13.0. The fraction of sp³-hybridized carbons (Fsp3) is 0.154. The maximum absolute atomic E-state index is 13.1. The number of anilines is 1. The van der Waals surface area contributed by atoms with Gasteiger partial charge in [-0.05, 0) is 34.7 Å². The molecule has 1 N–H and O–H groups in total. The van der Waals surface area contributed by atoms with Crippen LogP contribution in [0.25, 0.3) is 5.69 Å². The zero-order chi connectivity index (χ0) is 18.1. The van der Waals surface area contributed by atoms with E-state index in [-0.39, 0.29) is 11.6 Å². The van der Waals surface area contributed by atoms with Crippen molar-refractivity contribution < 1.29 is 9.18 Å². The highest BCUT2D eigenvalue weighted by Crippen LogP contribution is 2.05. The lowest BCUT2D eigenvalue weighted by atomic mass is 10.3. The lowest BCUT2D eigenvalue weighted by molar-refractivity contribution is 0.101. The summed E-state index contributed by atoms with van der Waals surface area (Å²) in [5.41, 5.74) is -2.19. The summed E-state index contributed by atoms with van der Waals surface area (Å²) in [5.74, 6) is -1.43. The van der Waals surface area contributed by atoms with Crippen molar-refractivity contribution in [3.8, 4) is 5.69 Å². The number of aryl methyl sites for hydroxylation is 2. The molecule has 1 amide bonds. The van der Waals surface area contributed by atoms with Crippen molar-refractivity contribution in [2.75, 3.05) is 5.32 Å². The lowest BCUT2D eigenvalue weighted by Crippen LogP contribution is -2.43. The van der Waals surface area contributed by atoms with Gasteiger partial charge in [-0.15, -0.1) is 0 Å². The maximum atomic E-state index is 13.1. The lowest BCUT2D eigenvalue weighted by Gasteiger charge is -2.09. The Morgan fingerprint density at radius 3 is 2.40 bits per heavy atom. The first-order chi connectivity index (χ1) is 11.9. The van der Waals surface area contributed by atoms with Gasteiger partial charge in [0.1, 0.15) is 5.82 Å². The van der Waals surface area contributed by atoms with Crippen LogP contribution in [0.15, 0.2) is 33.9 Å².